The summed E-state index contributed by atoms with van der Waals surface area (Å²) in [6, 6.07) is 14.7. The molecule has 0 spiro atoms. The number of hydrogen-bond donors (Lipinski definition) is 2. The molecule has 2 rings (SSSR count). The molecular weight excluding hydrogens is 267 g/mol. The zero-order valence-electron chi connectivity index (χ0n) is 11.9. The summed E-state index contributed by atoms with van der Waals surface area (Å²) in [7, 11) is -2.63. The molecule has 0 aliphatic rings. The quantitative estimate of drug-likeness (QED) is 0.671. The molecule has 0 unspecified atom stereocenters. The molecule has 2 aromatic rings. The first kappa shape index (κ1) is 14.7. The fraction of sp³-hybridized carbons (Fsp3) is 0.250. The van der Waals surface area contributed by atoms with Gasteiger partial charge in [0, 0.05) is 28.1 Å². The molecule has 0 bridgehead atoms. The monoisotopic (exact) mass is 288 g/mol. The molecule has 20 heavy (non-hydrogen) atoms. The van der Waals surface area contributed by atoms with Gasteiger partial charge in [-0.2, -0.15) is 0 Å². The normalized spacial score (nSPS) is 11.8. The number of nitrogens with two attached hydrogens (primary N) is 2. The van der Waals surface area contributed by atoms with Crippen LogP contribution in [0.1, 0.15) is 13.8 Å². The third-order valence-electron chi connectivity index (χ3n) is 3.24. The van der Waals surface area contributed by atoms with Gasteiger partial charge in [0.15, 0.2) is 0 Å². The number of rotatable bonds is 4. The minimum atomic E-state index is -2.63. The van der Waals surface area contributed by atoms with Gasteiger partial charge < -0.3 is 16.0 Å². The summed E-state index contributed by atoms with van der Waals surface area (Å²) in [5, 5.41) is 1.70. The van der Waals surface area contributed by atoms with Crippen molar-refractivity contribution in [2.45, 2.75) is 13.8 Å². The second kappa shape index (κ2) is 5.72. The molecule has 0 saturated heterocycles. The van der Waals surface area contributed by atoms with Crippen molar-refractivity contribution in [2.75, 3.05) is 17.6 Å². The van der Waals surface area contributed by atoms with Gasteiger partial charge in [0.05, 0.1) is 0 Å². The Balaban J connectivity index is 2.53. The summed E-state index contributed by atoms with van der Waals surface area (Å²) in [6.07, 6.45) is 0.640. The predicted molar refractivity (Wildman–Crippen MR) is 88.3 cm³/mol. The van der Waals surface area contributed by atoms with Gasteiger partial charge in [0.2, 0.25) is 0 Å². The molecule has 0 saturated carbocycles. The Morgan fingerprint density at radius 1 is 0.850 bits per heavy atom. The van der Waals surface area contributed by atoms with Crippen LogP contribution in [0.15, 0.2) is 48.5 Å². The molecular formula is C16H21N2OP. The first-order chi connectivity index (χ1) is 9.41. The van der Waals surface area contributed by atoms with Crippen LogP contribution in [0, 0.1) is 5.92 Å². The maximum Gasteiger partial charge on any atom is 0.143 e. The number of benzene rings is 2. The van der Waals surface area contributed by atoms with Crippen molar-refractivity contribution >= 4 is 29.1 Å². The lowest BCUT2D eigenvalue weighted by atomic mass is 10.3. The van der Waals surface area contributed by atoms with Crippen molar-refractivity contribution < 1.29 is 4.57 Å². The first-order valence-corrected chi connectivity index (χ1v) is 8.62. The van der Waals surface area contributed by atoms with E-state index in [9.17, 15) is 4.57 Å². The highest BCUT2D eigenvalue weighted by atomic mass is 31.2. The molecule has 0 aliphatic heterocycles. The van der Waals surface area contributed by atoms with Crippen molar-refractivity contribution in [1.29, 1.82) is 0 Å². The summed E-state index contributed by atoms with van der Waals surface area (Å²) in [5.74, 6) is 0.343. The molecule has 0 fully saturated rings. The van der Waals surface area contributed by atoms with Crippen LogP contribution in [0.2, 0.25) is 0 Å². The second-order valence-corrected chi connectivity index (χ2v) is 8.38. The topological polar surface area (TPSA) is 69.1 Å². The number of anilines is 2. The average molecular weight is 288 g/mol. The summed E-state index contributed by atoms with van der Waals surface area (Å²) >= 11 is 0. The van der Waals surface area contributed by atoms with Crippen LogP contribution in [-0.2, 0) is 4.57 Å². The molecule has 3 nitrogen and oxygen atoms in total. The lowest BCUT2D eigenvalue weighted by Gasteiger charge is -2.21. The average Bonchev–Trinajstić information content (AvgIpc) is 2.39. The molecule has 0 aliphatic carbocycles. The highest BCUT2D eigenvalue weighted by molar-refractivity contribution is 7.78. The molecule has 106 valence electrons. The summed E-state index contributed by atoms with van der Waals surface area (Å²) < 4.78 is 13.6. The van der Waals surface area contributed by atoms with E-state index in [0.29, 0.717) is 23.5 Å². The Labute approximate surface area is 120 Å². The molecule has 0 amide bonds. The van der Waals surface area contributed by atoms with Crippen LogP contribution in [0.25, 0.3) is 0 Å². The van der Waals surface area contributed by atoms with Gasteiger partial charge in [-0.1, -0.05) is 13.8 Å². The third-order valence-corrected chi connectivity index (χ3v) is 6.75. The third kappa shape index (κ3) is 3.05. The van der Waals surface area contributed by atoms with E-state index in [1.165, 1.54) is 0 Å². The highest BCUT2D eigenvalue weighted by Crippen LogP contribution is 2.45. The molecule has 0 atom stereocenters. The minimum absolute atomic E-state index is 0.343. The van der Waals surface area contributed by atoms with Gasteiger partial charge in [-0.15, -0.1) is 0 Å². The van der Waals surface area contributed by atoms with Crippen LogP contribution in [0.4, 0.5) is 11.4 Å². The Hall–Kier alpha value is -1.73. The maximum atomic E-state index is 13.6. The maximum absolute atomic E-state index is 13.6. The largest absolute Gasteiger partial charge is 0.399 e. The van der Waals surface area contributed by atoms with E-state index < -0.39 is 7.14 Å². The first-order valence-electron chi connectivity index (χ1n) is 6.73. The Morgan fingerprint density at radius 3 is 1.50 bits per heavy atom. The SMILES string of the molecule is CC(C)CP(=O)(c1ccc(N)cc1)c1ccc(N)cc1. The smallest absolute Gasteiger partial charge is 0.143 e. The van der Waals surface area contributed by atoms with Crippen LogP contribution >= 0.6 is 7.14 Å². The van der Waals surface area contributed by atoms with Crippen molar-refractivity contribution in [3.63, 3.8) is 0 Å². The van der Waals surface area contributed by atoms with Gasteiger partial charge in [0.1, 0.15) is 7.14 Å². The minimum Gasteiger partial charge on any atom is -0.399 e. The van der Waals surface area contributed by atoms with Crippen molar-refractivity contribution in [3.8, 4) is 0 Å². The second-order valence-electron chi connectivity index (χ2n) is 5.50. The van der Waals surface area contributed by atoms with Gasteiger partial charge in [-0.3, -0.25) is 0 Å². The summed E-state index contributed by atoms with van der Waals surface area (Å²) in [5.41, 5.74) is 12.8. The van der Waals surface area contributed by atoms with Crippen molar-refractivity contribution in [1.82, 2.24) is 0 Å². The predicted octanol–water partition coefficient (Wildman–Crippen LogP) is 2.82. The van der Waals surface area contributed by atoms with Crippen LogP contribution < -0.4 is 22.1 Å². The Kier molecular flexibility index (Phi) is 4.20. The zero-order chi connectivity index (χ0) is 14.8. The van der Waals surface area contributed by atoms with Crippen LogP contribution in [0.3, 0.4) is 0 Å². The van der Waals surface area contributed by atoms with Gasteiger partial charge in [-0.05, 0) is 54.4 Å². The molecule has 4 heteroatoms. The Morgan fingerprint density at radius 2 is 1.20 bits per heavy atom. The molecule has 2 aromatic carbocycles. The standard InChI is InChI=1S/C16H21N2OP/c1-12(2)11-20(19,15-7-3-13(17)4-8-15)16-9-5-14(18)6-10-16/h3-10,12H,11,17-18H2,1-2H3. The molecule has 4 N–H and O–H groups in total. The van der Waals surface area contributed by atoms with E-state index in [-0.39, 0.29) is 0 Å². The molecule has 0 heterocycles. The van der Waals surface area contributed by atoms with Gasteiger partial charge in [-0.25, -0.2) is 0 Å². The number of nitrogen functional groups attached to an aromatic ring is 2. The Bertz CT molecular complexity index is 568. The zero-order valence-corrected chi connectivity index (χ0v) is 12.8. The molecule has 0 aromatic heterocycles. The highest BCUT2D eigenvalue weighted by Gasteiger charge is 2.28. The fourth-order valence-electron chi connectivity index (χ4n) is 2.30. The van der Waals surface area contributed by atoms with E-state index in [0.717, 1.165) is 10.6 Å². The lowest BCUT2D eigenvalue weighted by Crippen LogP contribution is -2.21. The molecule has 0 radical (unpaired) electrons. The van der Waals surface area contributed by atoms with E-state index in [1.54, 1.807) is 24.3 Å². The van der Waals surface area contributed by atoms with Gasteiger partial charge >= 0.3 is 0 Å². The van der Waals surface area contributed by atoms with E-state index in [4.69, 9.17) is 11.5 Å². The van der Waals surface area contributed by atoms with E-state index >= 15 is 0 Å². The summed E-state index contributed by atoms with van der Waals surface area (Å²) in [6.45, 7) is 4.17. The van der Waals surface area contributed by atoms with Gasteiger partial charge in [0.25, 0.3) is 0 Å². The van der Waals surface area contributed by atoms with E-state index in [1.807, 2.05) is 24.3 Å². The lowest BCUT2D eigenvalue weighted by molar-refractivity contribution is 0.578. The van der Waals surface area contributed by atoms with Crippen molar-refractivity contribution in [2.24, 2.45) is 5.92 Å². The number of hydrogen-bond acceptors (Lipinski definition) is 3. The van der Waals surface area contributed by atoms with E-state index in [2.05, 4.69) is 13.8 Å². The van der Waals surface area contributed by atoms with Crippen molar-refractivity contribution in [3.05, 3.63) is 48.5 Å². The van der Waals surface area contributed by atoms with Crippen LogP contribution in [0.5, 0.6) is 0 Å². The fourth-order valence-corrected chi connectivity index (χ4v) is 5.31. The van der Waals surface area contributed by atoms with Crippen LogP contribution in [-0.4, -0.2) is 6.16 Å². The summed E-state index contributed by atoms with van der Waals surface area (Å²) in [4.78, 5) is 0.